The Morgan fingerprint density at radius 3 is 2.94 bits per heavy atom. The Balaban J connectivity index is 1.29. The minimum Gasteiger partial charge on any atom is -0.326 e. The number of carbonyl (C=O) groups excluding carboxylic acids is 1. The van der Waals surface area contributed by atoms with E-state index in [4.69, 9.17) is 0 Å². The van der Waals surface area contributed by atoms with Crippen molar-refractivity contribution in [2.24, 2.45) is 0 Å². The molecule has 0 atom stereocenters. The van der Waals surface area contributed by atoms with Gasteiger partial charge in [-0.1, -0.05) is 18.6 Å². The third kappa shape index (κ3) is 4.39. The van der Waals surface area contributed by atoms with Crippen LogP contribution in [0.5, 0.6) is 0 Å². The first-order chi connectivity index (χ1) is 15.3. The van der Waals surface area contributed by atoms with Gasteiger partial charge in [0.15, 0.2) is 5.82 Å². The van der Waals surface area contributed by atoms with Crippen molar-refractivity contribution >= 4 is 22.9 Å². The summed E-state index contributed by atoms with van der Waals surface area (Å²) < 4.78 is 2.21. The summed E-state index contributed by atoms with van der Waals surface area (Å²) in [7, 11) is 0. The summed E-state index contributed by atoms with van der Waals surface area (Å²) in [6, 6.07) is 11.6. The molecule has 3 aromatic heterocycles. The Hall–Kier alpha value is -3.39. The maximum Gasteiger partial charge on any atom is 0.230 e. The fourth-order valence-corrected chi connectivity index (χ4v) is 4.62. The van der Waals surface area contributed by atoms with Gasteiger partial charge in [-0.3, -0.25) is 9.78 Å². The van der Waals surface area contributed by atoms with E-state index < -0.39 is 0 Å². The minimum atomic E-state index is -0.0970. The van der Waals surface area contributed by atoms with E-state index in [-0.39, 0.29) is 12.3 Å². The molecule has 0 spiro atoms. The number of fused-ring (bicyclic) bond motifs is 1. The summed E-state index contributed by atoms with van der Waals surface area (Å²) in [6.45, 7) is 0.942. The lowest BCUT2D eigenvalue weighted by Gasteiger charge is -2.09. The Morgan fingerprint density at radius 1 is 1.10 bits per heavy atom. The fraction of sp³-hybridized carbons (Fsp3) is 0.261. The molecule has 0 fully saturated rings. The number of anilines is 1. The smallest absolute Gasteiger partial charge is 0.230 e. The first kappa shape index (κ1) is 19.6. The Labute approximate surface area is 184 Å². The summed E-state index contributed by atoms with van der Waals surface area (Å²) in [4.78, 5) is 21.3. The van der Waals surface area contributed by atoms with Crippen LogP contribution in [0.3, 0.4) is 0 Å². The molecule has 4 heterocycles. The molecule has 8 heteroatoms. The van der Waals surface area contributed by atoms with Gasteiger partial charge in [-0.2, -0.15) is 0 Å². The largest absolute Gasteiger partial charge is 0.326 e. The van der Waals surface area contributed by atoms with Crippen LogP contribution in [0.15, 0.2) is 54.2 Å². The van der Waals surface area contributed by atoms with Crippen LogP contribution in [0.25, 0.3) is 22.0 Å². The number of pyridine rings is 1. The topological polar surface area (TPSA) is 85.6 Å². The first-order valence-corrected chi connectivity index (χ1v) is 11.3. The Kier molecular flexibility index (Phi) is 5.54. The Bertz CT molecular complexity index is 1200. The number of hydrogen-bond acceptors (Lipinski definition) is 6. The monoisotopic (exact) mass is 430 g/mol. The third-order valence-corrected chi connectivity index (χ3v) is 6.26. The van der Waals surface area contributed by atoms with Crippen molar-refractivity contribution in [3.63, 3.8) is 0 Å². The van der Waals surface area contributed by atoms with Crippen LogP contribution in [0.1, 0.15) is 30.8 Å². The normalized spacial score (nSPS) is 13.4. The van der Waals surface area contributed by atoms with Crippen LogP contribution in [0, 0.1) is 0 Å². The lowest BCUT2D eigenvalue weighted by molar-refractivity contribution is -0.115. The summed E-state index contributed by atoms with van der Waals surface area (Å²) in [5.41, 5.74) is 3.42. The number of nitrogens with zero attached hydrogens (tertiary/aromatic N) is 5. The van der Waals surface area contributed by atoms with Crippen molar-refractivity contribution in [1.82, 2.24) is 24.7 Å². The third-order valence-electron chi connectivity index (χ3n) is 5.32. The molecule has 0 aliphatic carbocycles. The number of thiazole rings is 1. The molecular formula is C23H22N6OS. The van der Waals surface area contributed by atoms with Crippen molar-refractivity contribution in [2.75, 3.05) is 5.32 Å². The molecular weight excluding hydrogens is 408 g/mol. The molecule has 1 aromatic carbocycles. The van der Waals surface area contributed by atoms with E-state index in [1.54, 1.807) is 12.4 Å². The zero-order valence-electron chi connectivity index (χ0n) is 17.0. The van der Waals surface area contributed by atoms with E-state index in [1.807, 2.05) is 41.8 Å². The van der Waals surface area contributed by atoms with Gasteiger partial charge >= 0.3 is 0 Å². The molecule has 0 unspecified atom stereocenters. The Morgan fingerprint density at radius 2 is 2.03 bits per heavy atom. The molecule has 1 aliphatic heterocycles. The number of aromatic nitrogens is 5. The number of amides is 1. The highest BCUT2D eigenvalue weighted by Crippen LogP contribution is 2.26. The average molecular weight is 431 g/mol. The zero-order chi connectivity index (χ0) is 21.0. The fourth-order valence-electron chi connectivity index (χ4n) is 3.81. The highest BCUT2D eigenvalue weighted by molar-refractivity contribution is 7.13. The molecule has 0 saturated heterocycles. The van der Waals surface area contributed by atoms with E-state index in [0.29, 0.717) is 0 Å². The standard InChI is InChI=1S/C23H22N6OS/c30-21(13-19-15-31-23(26-19)17-7-5-10-24-14-17)25-18-8-4-6-16(12-18)22-28-27-20-9-2-1-3-11-29(20)22/h4-8,10,12,14-15H,1-3,9,11,13H2,(H,25,30). The molecule has 0 radical (unpaired) electrons. The van der Waals surface area contributed by atoms with Crippen LogP contribution >= 0.6 is 11.3 Å². The van der Waals surface area contributed by atoms with Gasteiger partial charge in [-0.15, -0.1) is 21.5 Å². The molecule has 1 N–H and O–H groups in total. The first-order valence-electron chi connectivity index (χ1n) is 10.4. The number of carbonyl (C=O) groups is 1. The van der Waals surface area contributed by atoms with Gasteiger partial charge in [0.1, 0.15) is 10.8 Å². The number of benzene rings is 1. The van der Waals surface area contributed by atoms with E-state index in [0.717, 1.165) is 65.0 Å². The van der Waals surface area contributed by atoms with E-state index in [9.17, 15) is 4.79 Å². The van der Waals surface area contributed by atoms with Crippen molar-refractivity contribution in [3.05, 3.63) is 65.7 Å². The van der Waals surface area contributed by atoms with Crippen LogP contribution in [0.2, 0.25) is 0 Å². The quantitative estimate of drug-likeness (QED) is 0.508. The summed E-state index contributed by atoms with van der Waals surface area (Å²) >= 11 is 1.52. The van der Waals surface area contributed by atoms with Crippen LogP contribution in [0.4, 0.5) is 5.69 Å². The highest BCUT2D eigenvalue weighted by Gasteiger charge is 2.16. The van der Waals surface area contributed by atoms with E-state index >= 15 is 0 Å². The van der Waals surface area contributed by atoms with Crippen molar-refractivity contribution in [3.8, 4) is 22.0 Å². The van der Waals surface area contributed by atoms with Crippen LogP contribution in [-0.2, 0) is 24.2 Å². The molecule has 0 bridgehead atoms. The molecule has 0 saturated carbocycles. The maximum absolute atomic E-state index is 12.6. The van der Waals surface area contributed by atoms with E-state index in [1.165, 1.54) is 17.8 Å². The van der Waals surface area contributed by atoms with Crippen molar-refractivity contribution in [1.29, 1.82) is 0 Å². The van der Waals surface area contributed by atoms with Crippen LogP contribution in [-0.4, -0.2) is 30.6 Å². The van der Waals surface area contributed by atoms with Gasteiger partial charge in [0.05, 0.1) is 12.1 Å². The minimum absolute atomic E-state index is 0.0970. The number of rotatable bonds is 5. The summed E-state index contributed by atoms with van der Waals surface area (Å²) in [5.74, 6) is 1.82. The lowest BCUT2D eigenvalue weighted by Crippen LogP contribution is -2.14. The summed E-state index contributed by atoms with van der Waals surface area (Å²) in [5, 5.41) is 14.6. The SMILES string of the molecule is O=C(Cc1csc(-c2cccnc2)n1)Nc1cccc(-c2nnc3n2CCCCC3)c1. The number of hydrogen-bond donors (Lipinski definition) is 1. The second-order valence-electron chi connectivity index (χ2n) is 7.59. The van der Waals surface area contributed by atoms with Gasteiger partial charge in [0.25, 0.3) is 0 Å². The molecule has 31 heavy (non-hydrogen) atoms. The highest BCUT2D eigenvalue weighted by atomic mass is 32.1. The van der Waals surface area contributed by atoms with Crippen molar-refractivity contribution < 1.29 is 4.79 Å². The molecule has 1 aliphatic rings. The van der Waals surface area contributed by atoms with Gasteiger partial charge in [-0.05, 0) is 37.1 Å². The average Bonchev–Trinajstić information content (AvgIpc) is 3.35. The number of nitrogens with one attached hydrogen (secondary N) is 1. The van der Waals surface area contributed by atoms with Gasteiger partial charge in [-0.25, -0.2) is 4.98 Å². The zero-order valence-corrected chi connectivity index (χ0v) is 17.8. The maximum atomic E-state index is 12.6. The molecule has 7 nitrogen and oxygen atoms in total. The molecule has 156 valence electrons. The molecule has 4 aromatic rings. The second-order valence-corrected chi connectivity index (χ2v) is 8.45. The molecule has 1 amide bonds. The second kappa shape index (κ2) is 8.77. The number of aryl methyl sites for hydroxylation is 1. The summed E-state index contributed by atoms with van der Waals surface area (Å²) in [6.07, 6.45) is 8.23. The van der Waals surface area contributed by atoms with E-state index in [2.05, 4.69) is 30.0 Å². The lowest BCUT2D eigenvalue weighted by atomic mass is 10.1. The van der Waals surface area contributed by atoms with Crippen molar-refractivity contribution in [2.45, 2.75) is 38.6 Å². The van der Waals surface area contributed by atoms with Crippen LogP contribution < -0.4 is 5.32 Å². The van der Waals surface area contributed by atoms with Gasteiger partial charge in [0.2, 0.25) is 5.91 Å². The van der Waals surface area contributed by atoms with Gasteiger partial charge in [0, 0.05) is 47.6 Å². The predicted octanol–water partition coefficient (Wildman–Crippen LogP) is 4.37. The predicted molar refractivity (Wildman–Crippen MR) is 121 cm³/mol. The van der Waals surface area contributed by atoms with Gasteiger partial charge < -0.3 is 9.88 Å². The molecule has 5 rings (SSSR count).